The monoisotopic (exact) mass is 286 g/mol. The lowest BCUT2D eigenvalue weighted by molar-refractivity contribution is 0.204. The Balaban J connectivity index is 2.47. The molecule has 0 amide bonds. The number of rotatable bonds is 3. The van der Waals surface area contributed by atoms with Gasteiger partial charge in [-0.2, -0.15) is 5.10 Å². The summed E-state index contributed by atoms with van der Waals surface area (Å²) in [7, 11) is 3.25. The Bertz CT molecular complexity index is 569. The molecule has 0 bridgehead atoms. The van der Waals surface area contributed by atoms with E-state index in [-0.39, 0.29) is 0 Å². The average molecular weight is 287 g/mol. The van der Waals surface area contributed by atoms with Crippen LogP contribution in [0.5, 0.6) is 5.75 Å². The molecular formula is C12H12Cl2N2O2. The van der Waals surface area contributed by atoms with Crippen molar-refractivity contribution in [3.8, 4) is 5.75 Å². The standard InChI is InChI=1S/C12H12Cl2N2O2/c1-16-11(10(18-2)6-15-16)12(17)8-4-3-7(13)5-9(8)14/h3-6,12,17H,1-2H3. The highest BCUT2D eigenvalue weighted by molar-refractivity contribution is 6.35. The van der Waals surface area contributed by atoms with E-state index in [4.69, 9.17) is 27.9 Å². The summed E-state index contributed by atoms with van der Waals surface area (Å²) in [5, 5.41) is 15.3. The molecule has 2 aromatic rings. The van der Waals surface area contributed by atoms with Gasteiger partial charge in [0.2, 0.25) is 0 Å². The van der Waals surface area contributed by atoms with Crippen LogP contribution in [0.2, 0.25) is 10.0 Å². The predicted molar refractivity (Wildman–Crippen MR) is 70.3 cm³/mol. The lowest BCUT2D eigenvalue weighted by Gasteiger charge is -2.14. The van der Waals surface area contributed by atoms with Crippen molar-refractivity contribution in [1.82, 2.24) is 9.78 Å². The largest absolute Gasteiger partial charge is 0.493 e. The van der Waals surface area contributed by atoms with Crippen LogP contribution >= 0.6 is 23.2 Å². The van der Waals surface area contributed by atoms with Crippen molar-refractivity contribution in [2.75, 3.05) is 7.11 Å². The summed E-state index contributed by atoms with van der Waals surface area (Å²) in [5.74, 6) is 0.510. The van der Waals surface area contributed by atoms with Gasteiger partial charge in [0.15, 0.2) is 5.75 Å². The second kappa shape index (κ2) is 5.18. The van der Waals surface area contributed by atoms with Crippen LogP contribution < -0.4 is 4.74 Å². The molecule has 6 heteroatoms. The van der Waals surface area contributed by atoms with Crippen molar-refractivity contribution >= 4 is 23.2 Å². The third-order valence-corrected chi connectivity index (χ3v) is 3.25. The smallest absolute Gasteiger partial charge is 0.162 e. The van der Waals surface area contributed by atoms with Gasteiger partial charge in [-0.1, -0.05) is 29.3 Å². The average Bonchev–Trinajstić information content (AvgIpc) is 2.69. The molecule has 0 radical (unpaired) electrons. The van der Waals surface area contributed by atoms with E-state index < -0.39 is 6.10 Å². The molecule has 0 saturated carbocycles. The fourth-order valence-corrected chi connectivity index (χ4v) is 2.28. The van der Waals surface area contributed by atoms with Gasteiger partial charge in [-0.25, -0.2) is 0 Å². The van der Waals surface area contributed by atoms with Gasteiger partial charge in [0.25, 0.3) is 0 Å². The van der Waals surface area contributed by atoms with Crippen LogP contribution in [0, 0.1) is 0 Å². The van der Waals surface area contributed by atoms with Gasteiger partial charge < -0.3 is 9.84 Å². The minimum atomic E-state index is -0.919. The van der Waals surface area contributed by atoms with Gasteiger partial charge >= 0.3 is 0 Å². The molecule has 0 saturated heterocycles. The Kier molecular flexibility index (Phi) is 3.80. The zero-order valence-electron chi connectivity index (χ0n) is 9.89. The Labute approximate surface area is 115 Å². The summed E-state index contributed by atoms with van der Waals surface area (Å²) in [6, 6.07) is 4.95. The fraction of sp³-hybridized carbons (Fsp3) is 0.250. The van der Waals surface area contributed by atoms with E-state index in [2.05, 4.69) is 5.10 Å². The first kappa shape index (κ1) is 13.2. The molecule has 18 heavy (non-hydrogen) atoms. The molecular weight excluding hydrogens is 275 g/mol. The number of ether oxygens (including phenoxy) is 1. The second-order valence-corrected chi connectivity index (χ2v) is 4.63. The van der Waals surface area contributed by atoms with Crippen molar-refractivity contribution in [2.45, 2.75) is 6.10 Å². The molecule has 1 aromatic heterocycles. The maximum Gasteiger partial charge on any atom is 0.162 e. The van der Waals surface area contributed by atoms with E-state index in [1.807, 2.05) is 0 Å². The van der Waals surface area contributed by atoms with Gasteiger partial charge in [-0.3, -0.25) is 4.68 Å². The summed E-state index contributed by atoms with van der Waals surface area (Å²) in [5.41, 5.74) is 1.10. The van der Waals surface area contributed by atoms with Crippen molar-refractivity contribution in [3.63, 3.8) is 0 Å². The Morgan fingerprint density at radius 1 is 1.39 bits per heavy atom. The number of aryl methyl sites for hydroxylation is 1. The van der Waals surface area contributed by atoms with E-state index in [9.17, 15) is 5.11 Å². The predicted octanol–water partition coefficient (Wildman–Crippen LogP) is 2.82. The van der Waals surface area contributed by atoms with Crippen LogP contribution in [0.1, 0.15) is 17.4 Å². The van der Waals surface area contributed by atoms with Gasteiger partial charge in [0, 0.05) is 22.7 Å². The van der Waals surface area contributed by atoms with E-state index in [0.29, 0.717) is 27.1 Å². The molecule has 2 rings (SSSR count). The third-order valence-electron chi connectivity index (χ3n) is 2.69. The number of aliphatic hydroxyl groups excluding tert-OH is 1. The highest BCUT2D eigenvalue weighted by Gasteiger charge is 2.22. The number of halogens is 2. The van der Waals surface area contributed by atoms with Crippen molar-refractivity contribution in [2.24, 2.45) is 7.05 Å². The molecule has 0 spiro atoms. The first-order valence-corrected chi connectivity index (χ1v) is 5.99. The first-order valence-electron chi connectivity index (χ1n) is 5.23. The molecule has 1 heterocycles. The number of methoxy groups -OCH3 is 1. The van der Waals surface area contributed by atoms with E-state index >= 15 is 0 Å². The second-order valence-electron chi connectivity index (χ2n) is 3.79. The Hall–Kier alpha value is -1.23. The number of hydrogen-bond donors (Lipinski definition) is 1. The van der Waals surface area contributed by atoms with Crippen LogP contribution in [-0.2, 0) is 7.05 Å². The summed E-state index contributed by atoms with van der Waals surface area (Å²) in [6.45, 7) is 0. The zero-order valence-corrected chi connectivity index (χ0v) is 11.4. The molecule has 0 fully saturated rings. The van der Waals surface area contributed by atoms with E-state index in [1.54, 1.807) is 36.1 Å². The topological polar surface area (TPSA) is 47.3 Å². The Morgan fingerprint density at radius 3 is 2.72 bits per heavy atom. The molecule has 4 nitrogen and oxygen atoms in total. The van der Waals surface area contributed by atoms with Crippen molar-refractivity contribution in [1.29, 1.82) is 0 Å². The molecule has 1 atom stereocenters. The maximum absolute atomic E-state index is 10.4. The summed E-state index contributed by atoms with van der Waals surface area (Å²) >= 11 is 11.9. The van der Waals surface area contributed by atoms with Gasteiger partial charge in [0.05, 0.1) is 13.3 Å². The molecule has 96 valence electrons. The number of benzene rings is 1. The summed E-state index contributed by atoms with van der Waals surface area (Å²) in [6.07, 6.45) is 0.625. The highest BCUT2D eigenvalue weighted by atomic mass is 35.5. The Morgan fingerprint density at radius 2 is 2.11 bits per heavy atom. The number of hydrogen-bond acceptors (Lipinski definition) is 3. The van der Waals surface area contributed by atoms with Gasteiger partial charge in [-0.05, 0) is 12.1 Å². The zero-order chi connectivity index (χ0) is 13.3. The van der Waals surface area contributed by atoms with Crippen LogP contribution in [0.25, 0.3) is 0 Å². The number of aromatic nitrogens is 2. The molecule has 1 aromatic carbocycles. The maximum atomic E-state index is 10.4. The molecule has 0 aliphatic rings. The first-order chi connectivity index (χ1) is 8.54. The quantitative estimate of drug-likeness (QED) is 0.944. The SMILES string of the molecule is COc1cnn(C)c1C(O)c1ccc(Cl)cc1Cl. The summed E-state index contributed by atoms with van der Waals surface area (Å²) in [4.78, 5) is 0. The molecule has 0 aliphatic heterocycles. The molecule has 0 aliphatic carbocycles. The molecule has 1 unspecified atom stereocenters. The van der Waals surface area contributed by atoms with Gasteiger partial charge in [-0.15, -0.1) is 0 Å². The minimum Gasteiger partial charge on any atom is -0.493 e. The normalized spacial score (nSPS) is 12.5. The van der Waals surface area contributed by atoms with Crippen LogP contribution in [0.3, 0.4) is 0 Å². The summed E-state index contributed by atoms with van der Waals surface area (Å²) < 4.78 is 6.71. The highest BCUT2D eigenvalue weighted by Crippen LogP contribution is 2.34. The lowest BCUT2D eigenvalue weighted by Crippen LogP contribution is -2.08. The number of nitrogens with zero attached hydrogens (tertiary/aromatic N) is 2. The fourth-order valence-electron chi connectivity index (χ4n) is 1.77. The molecule has 1 N–H and O–H groups in total. The number of aliphatic hydroxyl groups is 1. The van der Waals surface area contributed by atoms with Crippen LogP contribution in [-0.4, -0.2) is 22.0 Å². The van der Waals surface area contributed by atoms with Crippen LogP contribution in [0.4, 0.5) is 0 Å². The van der Waals surface area contributed by atoms with Crippen molar-refractivity contribution < 1.29 is 9.84 Å². The van der Waals surface area contributed by atoms with E-state index in [1.165, 1.54) is 7.11 Å². The third kappa shape index (κ3) is 2.32. The minimum absolute atomic E-state index is 0.401. The lowest BCUT2D eigenvalue weighted by atomic mass is 10.1. The van der Waals surface area contributed by atoms with E-state index in [0.717, 1.165) is 0 Å². The van der Waals surface area contributed by atoms with Crippen LogP contribution in [0.15, 0.2) is 24.4 Å². The van der Waals surface area contributed by atoms with Crippen molar-refractivity contribution in [3.05, 3.63) is 45.7 Å². The van der Waals surface area contributed by atoms with Gasteiger partial charge in [0.1, 0.15) is 11.8 Å².